The van der Waals surface area contributed by atoms with E-state index in [4.69, 9.17) is 0 Å². The molecule has 0 spiro atoms. The van der Waals surface area contributed by atoms with Gasteiger partial charge in [0.05, 0.1) is 6.04 Å². The van der Waals surface area contributed by atoms with Crippen LogP contribution in [0.3, 0.4) is 0 Å². The summed E-state index contributed by atoms with van der Waals surface area (Å²) in [7, 11) is 0. The number of carbonyl (C=O) groups is 1. The minimum Gasteiger partial charge on any atom is -0.341 e. The summed E-state index contributed by atoms with van der Waals surface area (Å²) in [6, 6.07) is 0.648. The van der Waals surface area contributed by atoms with Gasteiger partial charge >= 0.3 is 0 Å². The highest BCUT2D eigenvalue weighted by Gasteiger charge is 2.34. The average Bonchev–Trinajstić information content (AvgIpc) is 2.39. The maximum atomic E-state index is 12.7. The van der Waals surface area contributed by atoms with E-state index in [1.54, 1.807) is 0 Å². The first-order valence-electron chi connectivity index (χ1n) is 7.64. The number of carbonyl (C=O) groups excluding carboxylic acids is 1. The molecule has 2 saturated heterocycles. The van der Waals surface area contributed by atoms with Crippen molar-refractivity contribution in [3.8, 4) is 0 Å². The van der Waals surface area contributed by atoms with E-state index in [1.807, 2.05) is 0 Å². The number of likely N-dealkylation sites (tertiary alicyclic amines) is 2. The van der Waals surface area contributed by atoms with Crippen molar-refractivity contribution in [2.45, 2.75) is 65.0 Å². The van der Waals surface area contributed by atoms with Gasteiger partial charge in [-0.1, -0.05) is 13.3 Å². The maximum absolute atomic E-state index is 12.7. The summed E-state index contributed by atoms with van der Waals surface area (Å²) in [6.45, 7) is 9.76. The molecule has 2 heterocycles. The zero-order valence-corrected chi connectivity index (χ0v) is 12.2. The summed E-state index contributed by atoms with van der Waals surface area (Å²) in [5.41, 5.74) is 0. The van der Waals surface area contributed by atoms with Gasteiger partial charge in [-0.25, -0.2) is 0 Å². The van der Waals surface area contributed by atoms with Crippen molar-refractivity contribution in [1.82, 2.24) is 9.80 Å². The van der Waals surface area contributed by atoms with Crippen LogP contribution >= 0.6 is 0 Å². The fourth-order valence-electron chi connectivity index (χ4n) is 3.28. The van der Waals surface area contributed by atoms with Gasteiger partial charge in [-0.15, -0.1) is 0 Å². The summed E-state index contributed by atoms with van der Waals surface area (Å²) in [6.07, 6.45) is 5.88. The van der Waals surface area contributed by atoms with E-state index < -0.39 is 0 Å². The van der Waals surface area contributed by atoms with Crippen LogP contribution in [-0.4, -0.2) is 47.4 Å². The van der Waals surface area contributed by atoms with Crippen LogP contribution < -0.4 is 0 Å². The van der Waals surface area contributed by atoms with Gasteiger partial charge in [0.2, 0.25) is 5.91 Å². The molecule has 1 atom stereocenters. The van der Waals surface area contributed by atoms with Gasteiger partial charge in [0.1, 0.15) is 0 Å². The van der Waals surface area contributed by atoms with Crippen LogP contribution in [0.25, 0.3) is 0 Å². The molecule has 3 nitrogen and oxygen atoms in total. The quantitative estimate of drug-likeness (QED) is 0.754. The second-order valence-corrected chi connectivity index (χ2v) is 6.35. The first-order valence-corrected chi connectivity index (χ1v) is 7.64. The van der Waals surface area contributed by atoms with Gasteiger partial charge in [-0.3, -0.25) is 9.69 Å². The number of nitrogens with zero attached hydrogens (tertiary/aromatic N) is 2. The van der Waals surface area contributed by atoms with Crippen LogP contribution in [0.4, 0.5) is 0 Å². The lowest BCUT2D eigenvalue weighted by molar-refractivity contribution is -0.140. The lowest BCUT2D eigenvalue weighted by Crippen LogP contribution is -2.54. The molecular formula is C15H28N2O. The Balaban J connectivity index is 1.97. The first kappa shape index (κ1) is 13.9. The van der Waals surface area contributed by atoms with E-state index in [0.29, 0.717) is 11.9 Å². The van der Waals surface area contributed by atoms with Crippen molar-refractivity contribution in [3.63, 3.8) is 0 Å². The van der Waals surface area contributed by atoms with E-state index in [0.717, 1.165) is 32.0 Å². The van der Waals surface area contributed by atoms with Gasteiger partial charge in [-0.05, 0) is 52.0 Å². The summed E-state index contributed by atoms with van der Waals surface area (Å²) in [5, 5.41) is 0. The fourth-order valence-corrected chi connectivity index (χ4v) is 3.28. The predicted octanol–water partition coefficient (Wildman–Crippen LogP) is 2.51. The summed E-state index contributed by atoms with van der Waals surface area (Å²) in [5.74, 6) is 1.19. The zero-order valence-electron chi connectivity index (χ0n) is 12.2. The first-order chi connectivity index (χ1) is 8.59. The van der Waals surface area contributed by atoms with Crippen molar-refractivity contribution in [2.24, 2.45) is 5.92 Å². The van der Waals surface area contributed by atoms with Gasteiger partial charge in [0.25, 0.3) is 0 Å². The smallest absolute Gasteiger partial charge is 0.239 e. The van der Waals surface area contributed by atoms with Crippen LogP contribution in [0.5, 0.6) is 0 Å². The van der Waals surface area contributed by atoms with E-state index >= 15 is 0 Å². The third-order valence-corrected chi connectivity index (χ3v) is 4.59. The highest BCUT2D eigenvalue weighted by atomic mass is 16.2. The third-order valence-electron chi connectivity index (χ3n) is 4.59. The second kappa shape index (κ2) is 6.05. The molecule has 2 aliphatic rings. The van der Waals surface area contributed by atoms with Gasteiger partial charge in [0.15, 0.2) is 0 Å². The predicted molar refractivity (Wildman–Crippen MR) is 74.5 cm³/mol. The molecule has 0 aliphatic carbocycles. The van der Waals surface area contributed by atoms with Gasteiger partial charge < -0.3 is 4.90 Å². The molecular weight excluding hydrogens is 224 g/mol. The fraction of sp³-hybridized carbons (Fsp3) is 0.933. The van der Waals surface area contributed by atoms with Gasteiger partial charge in [0, 0.05) is 19.1 Å². The standard InChI is InChI=1S/C15H28N2O/c1-12(2)17-9-5-4-6-14(17)15(18)16-10-7-13(3)8-11-16/h12-14H,4-11H2,1-3H3/t14-/m0/s1. The topological polar surface area (TPSA) is 23.6 Å². The minimum absolute atomic E-state index is 0.159. The number of rotatable bonds is 2. The molecule has 1 amide bonds. The molecule has 0 aromatic heterocycles. The summed E-state index contributed by atoms with van der Waals surface area (Å²) < 4.78 is 0. The Bertz CT molecular complexity index is 282. The Morgan fingerprint density at radius 3 is 2.33 bits per heavy atom. The third kappa shape index (κ3) is 3.05. The number of hydrogen-bond donors (Lipinski definition) is 0. The second-order valence-electron chi connectivity index (χ2n) is 6.35. The molecule has 0 unspecified atom stereocenters. The molecule has 2 rings (SSSR count). The van der Waals surface area contributed by atoms with E-state index in [1.165, 1.54) is 25.7 Å². The lowest BCUT2D eigenvalue weighted by atomic mass is 9.95. The summed E-state index contributed by atoms with van der Waals surface area (Å²) in [4.78, 5) is 17.2. The monoisotopic (exact) mass is 252 g/mol. The Hall–Kier alpha value is -0.570. The Labute approximate surface area is 112 Å². The molecule has 3 heteroatoms. The molecule has 0 aromatic rings. The molecule has 0 saturated carbocycles. The van der Waals surface area contributed by atoms with Crippen molar-refractivity contribution >= 4 is 5.91 Å². The summed E-state index contributed by atoms with van der Waals surface area (Å²) >= 11 is 0. The Kier molecular flexibility index (Phi) is 4.66. The maximum Gasteiger partial charge on any atom is 0.239 e. The zero-order chi connectivity index (χ0) is 13.1. The lowest BCUT2D eigenvalue weighted by Gasteiger charge is -2.41. The van der Waals surface area contributed by atoms with E-state index in [9.17, 15) is 4.79 Å². The van der Waals surface area contributed by atoms with Crippen LogP contribution in [0.15, 0.2) is 0 Å². The Morgan fingerprint density at radius 1 is 1.06 bits per heavy atom. The van der Waals surface area contributed by atoms with Crippen LogP contribution in [-0.2, 0) is 4.79 Å². The number of amides is 1. The molecule has 104 valence electrons. The average molecular weight is 252 g/mol. The van der Waals surface area contributed by atoms with Crippen LogP contribution in [0.1, 0.15) is 52.9 Å². The molecule has 2 fully saturated rings. The van der Waals surface area contributed by atoms with E-state index in [2.05, 4.69) is 30.6 Å². The molecule has 0 radical (unpaired) electrons. The number of piperidine rings is 2. The van der Waals surface area contributed by atoms with Crippen molar-refractivity contribution < 1.29 is 4.79 Å². The normalized spacial score (nSPS) is 27.8. The molecule has 0 bridgehead atoms. The van der Waals surface area contributed by atoms with Crippen molar-refractivity contribution in [3.05, 3.63) is 0 Å². The molecule has 18 heavy (non-hydrogen) atoms. The highest BCUT2D eigenvalue weighted by Crippen LogP contribution is 2.24. The highest BCUT2D eigenvalue weighted by molar-refractivity contribution is 5.82. The van der Waals surface area contributed by atoms with Crippen LogP contribution in [0, 0.1) is 5.92 Å². The van der Waals surface area contributed by atoms with E-state index in [-0.39, 0.29) is 6.04 Å². The largest absolute Gasteiger partial charge is 0.341 e. The van der Waals surface area contributed by atoms with Crippen molar-refractivity contribution in [2.75, 3.05) is 19.6 Å². The SMILES string of the molecule is CC1CCN(C(=O)[C@@H]2CCCCN2C(C)C)CC1. The minimum atomic E-state index is 0.159. The van der Waals surface area contributed by atoms with Crippen molar-refractivity contribution in [1.29, 1.82) is 0 Å². The Morgan fingerprint density at radius 2 is 1.72 bits per heavy atom. The molecule has 0 aromatic carbocycles. The number of hydrogen-bond acceptors (Lipinski definition) is 2. The molecule has 0 N–H and O–H groups in total. The van der Waals surface area contributed by atoms with Crippen LogP contribution in [0.2, 0.25) is 0 Å². The van der Waals surface area contributed by atoms with Gasteiger partial charge in [-0.2, -0.15) is 0 Å². The molecule has 2 aliphatic heterocycles.